The van der Waals surface area contributed by atoms with Crippen LogP contribution in [0.2, 0.25) is 0 Å². The van der Waals surface area contributed by atoms with E-state index in [0.29, 0.717) is 23.4 Å². The van der Waals surface area contributed by atoms with Gasteiger partial charge in [0.15, 0.2) is 0 Å². The number of fused-ring (bicyclic) bond motifs is 1. The smallest absolute Gasteiger partial charge is 0.277 e. The van der Waals surface area contributed by atoms with Crippen molar-refractivity contribution in [1.29, 1.82) is 0 Å². The number of amides is 1. The van der Waals surface area contributed by atoms with Crippen molar-refractivity contribution in [2.45, 2.75) is 38.3 Å². The second-order valence-corrected chi connectivity index (χ2v) is 7.59. The summed E-state index contributed by atoms with van der Waals surface area (Å²) in [6.45, 7) is 4.82. The van der Waals surface area contributed by atoms with Gasteiger partial charge in [0.25, 0.3) is 11.1 Å². The molecule has 3 rings (SSSR count). The molecule has 0 saturated heterocycles. The topological polar surface area (TPSA) is 68.0 Å². The molecule has 1 aliphatic carbocycles. The first kappa shape index (κ1) is 15.6. The summed E-state index contributed by atoms with van der Waals surface area (Å²) >= 11 is 3.02. The van der Waals surface area contributed by atoms with Gasteiger partial charge in [-0.3, -0.25) is 4.79 Å². The molecule has 0 aromatic carbocycles. The lowest BCUT2D eigenvalue weighted by molar-refractivity contribution is -0.118. The lowest BCUT2D eigenvalue weighted by Crippen LogP contribution is -2.24. The molecule has 0 aliphatic heterocycles. The highest BCUT2D eigenvalue weighted by Crippen LogP contribution is 2.37. The minimum absolute atomic E-state index is 0.0205. The Balaban J connectivity index is 1.67. The van der Waals surface area contributed by atoms with Crippen molar-refractivity contribution in [3.63, 3.8) is 0 Å². The zero-order valence-corrected chi connectivity index (χ0v) is 14.4. The van der Waals surface area contributed by atoms with Crippen molar-refractivity contribution in [1.82, 2.24) is 15.5 Å². The molecule has 118 valence electrons. The maximum atomic E-state index is 11.4. The molecule has 2 aromatic heterocycles. The molecule has 0 saturated carbocycles. The van der Waals surface area contributed by atoms with Crippen LogP contribution >= 0.6 is 23.1 Å². The second kappa shape index (κ2) is 6.83. The number of carbonyl (C=O) groups excluding carboxylic acids is 1. The summed E-state index contributed by atoms with van der Waals surface area (Å²) < 4.78 is 5.67. The molecule has 1 N–H and O–H groups in total. The average molecular weight is 337 g/mol. The third kappa shape index (κ3) is 3.52. The van der Waals surface area contributed by atoms with Crippen molar-refractivity contribution in [3.05, 3.63) is 16.5 Å². The molecule has 22 heavy (non-hydrogen) atoms. The first-order valence-corrected chi connectivity index (χ1v) is 9.31. The van der Waals surface area contributed by atoms with E-state index in [1.54, 1.807) is 11.3 Å². The fraction of sp³-hybridized carbons (Fsp3) is 0.533. The molecular weight excluding hydrogens is 318 g/mol. The number of aryl methyl sites for hydroxylation is 1. The fourth-order valence-corrected chi connectivity index (χ4v) is 4.28. The van der Waals surface area contributed by atoms with E-state index in [9.17, 15) is 4.79 Å². The normalized spacial score (nSPS) is 17.3. The summed E-state index contributed by atoms with van der Waals surface area (Å²) in [7, 11) is 0. The summed E-state index contributed by atoms with van der Waals surface area (Å²) in [5, 5.41) is 11.3. The zero-order valence-electron chi connectivity index (χ0n) is 12.7. The van der Waals surface area contributed by atoms with Gasteiger partial charge in [0.2, 0.25) is 5.91 Å². The Morgan fingerprint density at radius 3 is 3.23 bits per heavy atom. The number of nitrogens with one attached hydrogen (secondary N) is 1. The van der Waals surface area contributed by atoms with Crippen LogP contribution in [0.15, 0.2) is 15.7 Å². The first-order chi connectivity index (χ1) is 10.7. The van der Waals surface area contributed by atoms with Crippen LogP contribution in [-0.2, 0) is 17.6 Å². The fourth-order valence-electron chi connectivity index (χ4n) is 2.55. The monoisotopic (exact) mass is 337 g/mol. The highest BCUT2D eigenvalue weighted by atomic mass is 32.2. The number of rotatable bonds is 5. The molecule has 1 unspecified atom stereocenters. The SMILES string of the molecule is CCNC(=O)CSc1nnc(-c2cc3c(s2)CCC(C)C3)o1. The van der Waals surface area contributed by atoms with Gasteiger partial charge in [-0.1, -0.05) is 18.7 Å². The Kier molecular flexibility index (Phi) is 4.83. The van der Waals surface area contributed by atoms with E-state index in [0.717, 1.165) is 23.6 Å². The minimum atomic E-state index is -0.0205. The van der Waals surface area contributed by atoms with E-state index in [-0.39, 0.29) is 5.91 Å². The second-order valence-electron chi connectivity index (χ2n) is 5.52. The molecule has 1 atom stereocenters. The Hall–Kier alpha value is -1.34. The van der Waals surface area contributed by atoms with E-state index < -0.39 is 0 Å². The molecule has 5 nitrogen and oxygen atoms in total. The Labute approximate surface area is 137 Å². The van der Waals surface area contributed by atoms with E-state index >= 15 is 0 Å². The molecule has 2 heterocycles. The molecular formula is C15H19N3O2S2. The van der Waals surface area contributed by atoms with Gasteiger partial charge in [0.1, 0.15) is 0 Å². The van der Waals surface area contributed by atoms with E-state index in [4.69, 9.17) is 4.42 Å². The van der Waals surface area contributed by atoms with Gasteiger partial charge in [-0.15, -0.1) is 21.5 Å². The van der Waals surface area contributed by atoms with E-state index in [1.165, 1.54) is 28.6 Å². The average Bonchev–Trinajstić information content (AvgIpc) is 3.11. The van der Waals surface area contributed by atoms with Crippen LogP contribution in [0.3, 0.4) is 0 Å². The van der Waals surface area contributed by atoms with Crippen LogP contribution in [0.5, 0.6) is 0 Å². The van der Waals surface area contributed by atoms with Gasteiger partial charge in [0, 0.05) is 11.4 Å². The van der Waals surface area contributed by atoms with Crippen molar-refractivity contribution in [2.75, 3.05) is 12.3 Å². The summed E-state index contributed by atoms with van der Waals surface area (Å²) in [6, 6.07) is 2.18. The largest absolute Gasteiger partial charge is 0.410 e. The molecule has 2 aromatic rings. The maximum Gasteiger partial charge on any atom is 0.277 e. The van der Waals surface area contributed by atoms with Crippen molar-refractivity contribution in [3.8, 4) is 10.8 Å². The Morgan fingerprint density at radius 1 is 1.55 bits per heavy atom. The van der Waals surface area contributed by atoms with Gasteiger partial charge < -0.3 is 9.73 Å². The number of thiophene rings is 1. The van der Waals surface area contributed by atoms with Crippen LogP contribution in [0, 0.1) is 5.92 Å². The molecule has 1 aliphatic rings. The predicted octanol–water partition coefficient (Wildman–Crippen LogP) is 3.15. The van der Waals surface area contributed by atoms with Gasteiger partial charge >= 0.3 is 0 Å². The number of nitrogens with zero attached hydrogens (tertiary/aromatic N) is 2. The maximum absolute atomic E-state index is 11.4. The first-order valence-electron chi connectivity index (χ1n) is 7.50. The number of aromatic nitrogens is 2. The summed E-state index contributed by atoms with van der Waals surface area (Å²) in [5.74, 6) is 1.59. The van der Waals surface area contributed by atoms with E-state index in [1.807, 2.05) is 6.92 Å². The van der Waals surface area contributed by atoms with Crippen molar-refractivity contribution >= 4 is 29.0 Å². The van der Waals surface area contributed by atoms with Crippen molar-refractivity contribution < 1.29 is 9.21 Å². The van der Waals surface area contributed by atoms with Gasteiger partial charge in [-0.05, 0) is 43.7 Å². The van der Waals surface area contributed by atoms with Crippen LogP contribution in [-0.4, -0.2) is 28.4 Å². The van der Waals surface area contributed by atoms with Gasteiger partial charge in [-0.25, -0.2) is 0 Å². The third-order valence-electron chi connectivity index (χ3n) is 3.65. The van der Waals surface area contributed by atoms with Crippen LogP contribution < -0.4 is 5.32 Å². The van der Waals surface area contributed by atoms with Crippen LogP contribution in [0.25, 0.3) is 10.8 Å². The summed E-state index contributed by atoms with van der Waals surface area (Å²) in [4.78, 5) is 13.9. The minimum Gasteiger partial charge on any atom is -0.410 e. The van der Waals surface area contributed by atoms with Crippen molar-refractivity contribution in [2.24, 2.45) is 5.92 Å². The molecule has 1 amide bonds. The van der Waals surface area contributed by atoms with E-state index in [2.05, 4.69) is 28.5 Å². The summed E-state index contributed by atoms with van der Waals surface area (Å²) in [5.41, 5.74) is 1.42. The standard InChI is InChI=1S/C15H19N3O2S2/c1-3-16-13(19)8-21-15-18-17-14(20-15)12-7-10-6-9(2)4-5-11(10)22-12/h7,9H,3-6,8H2,1-2H3,(H,16,19). The van der Waals surface area contributed by atoms with Crippen LogP contribution in [0.1, 0.15) is 30.7 Å². The van der Waals surface area contributed by atoms with Gasteiger partial charge in [-0.2, -0.15) is 0 Å². The Bertz CT molecular complexity index is 666. The number of carbonyl (C=O) groups is 1. The molecule has 0 radical (unpaired) electrons. The quantitative estimate of drug-likeness (QED) is 0.849. The molecule has 0 spiro atoms. The highest BCUT2D eigenvalue weighted by Gasteiger charge is 2.21. The number of thioether (sulfide) groups is 1. The lowest BCUT2D eigenvalue weighted by Gasteiger charge is -2.16. The molecule has 0 bridgehead atoms. The number of hydrogen-bond acceptors (Lipinski definition) is 6. The Morgan fingerprint density at radius 2 is 2.41 bits per heavy atom. The third-order valence-corrected chi connectivity index (χ3v) is 5.69. The molecule has 7 heteroatoms. The molecule has 0 fully saturated rings. The predicted molar refractivity (Wildman–Crippen MR) is 88.2 cm³/mol. The highest BCUT2D eigenvalue weighted by molar-refractivity contribution is 7.99. The zero-order chi connectivity index (χ0) is 15.5. The number of hydrogen-bond donors (Lipinski definition) is 1. The lowest BCUT2D eigenvalue weighted by atomic mass is 9.90. The summed E-state index contributed by atoms with van der Waals surface area (Å²) in [6.07, 6.45) is 3.54. The van der Waals surface area contributed by atoms with Gasteiger partial charge in [0.05, 0.1) is 10.6 Å². The van der Waals surface area contributed by atoms with Crippen LogP contribution in [0.4, 0.5) is 0 Å².